The van der Waals surface area contributed by atoms with E-state index in [0.717, 1.165) is 44.2 Å². The first kappa shape index (κ1) is 27.2. The molecular weight excluding hydrogens is 553 g/mol. The number of fused-ring (bicyclic) bond motifs is 2. The van der Waals surface area contributed by atoms with Gasteiger partial charge in [0.2, 0.25) is 0 Å². The summed E-state index contributed by atoms with van der Waals surface area (Å²) in [5.74, 6) is -1.64. The SMILES string of the molecule is C[C@H](NC(=O)c1cc(-c2ccc(F)cc2)cc2ccn(Cc3ccc4ccc(Cl)cc4n3)c12)c1ccc(C(=O)O)cc1. The Morgan fingerprint density at radius 1 is 0.905 bits per heavy atom. The fourth-order valence-electron chi connectivity index (χ4n) is 5.13. The van der Waals surface area contributed by atoms with E-state index in [1.54, 1.807) is 24.3 Å². The highest BCUT2D eigenvalue weighted by molar-refractivity contribution is 6.31. The van der Waals surface area contributed by atoms with Gasteiger partial charge in [0.1, 0.15) is 5.82 Å². The molecule has 0 saturated carbocycles. The minimum atomic E-state index is -1.01. The summed E-state index contributed by atoms with van der Waals surface area (Å²) in [6, 6.07) is 27.5. The van der Waals surface area contributed by atoms with E-state index in [-0.39, 0.29) is 23.3 Å². The maximum atomic E-state index is 13.9. The fourth-order valence-corrected chi connectivity index (χ4v) is 5.30. The zero-order valence-corrected chi connectivity index (χ0v) is 23.3. The zero-order chi connectivity index (χ0) is 29.4. The first-order valence-electron chi connectivity index (χ1n) is 13.3. The summed E-state index contributed by atoms with van der Waals surface area (Å²) in [6.45, 7) is 2.27. The van der Waals surface area contributed by atoms with Gasteiger partial charge in [-0.1, -0.05) is 48.0 Å². The van der Waals surface area contributed by atoms with Gasteiger partial charge in [-0.2, -0.15) is 0 Å². The van der Waals surface area contributed by atoms with Gasteiger partial charge in [-0.15, -0.1) is 0 Å². The number of hydrogen-bond acceptors (Lipinski definition) is 3. The second-order valence-corrected chi connectivity index (χ2v) is 10.6. The third kappa shape index (κ3) is 5.47. The summed E-state index contributed by atoms with van der Waals surface area (Å²) < 4.78 is 15.6. The standard InChI is InChI=1S/C34H25ClFN3O3/c1-20(21-2-4-24(5-3-21)34(41)42)37-33(40)30-17-26(22-7-11-28(36)12-8-22)16-25-14-15-39(32(25)30)19-29-13-9-23-6-10-27(35)18-31(23)38-29/h2-18,20H,19H2,1H3,(H,37,40)(H,41,42)/t20-/m0/s1. The van der Waals surface area contributed by atoms with Gasteiger partial charge in [0.05, 0.1) is 40.4 Å². The number of carboxylic acid groups (broad SMARTS) is 1. The molecule has 6 nitrogen and oxygen atoms in total. The van der Waals surface area contributed by atoms with Crippen LogP contribution in [0.15, 0.2) is 103 Å². The normalized spacial score (nSPS) is 12.0. The quantitative estimate of drug-likeness (QED) is 0.202. The summed E-state index contributed by atoms with van der Waals surface area (Å²) in [5, 5.41) is 14.7. The lowest BCUT2D eigenvalue weighted by atomic mass is 9.99. The predicted octanol–water partition coefficient (Wildman–Crippen LogP) is 7.89. The molecular formula is C34H25ClFN3O3. The summed E-state index contributed by atoms with van der Waals surface area (Å²) in [6.07, 6.45) is 1.92. The number of hydrogen-bond donors (Lipinski definition) is 2. The first-order chi connectivity index (χ1) is 20.2. The Bertz CT molecular complexity index is 1970. The van der Waals surface area contributed by atoms with Gasteiger partial charge in [-0.05, 0) is 84.3 Å². The summed E-state index contributed by atoms with van der Waals surface area (Å²) in [4.78, 5) is 29.9. The van der Waals surface area contributed by atoms with Crippen molar-refractivity contribution in [1.29, 1.82) is 0 Å². The van der Waals surface area contributed by atoms with Gasteiger partial charge in [0, 0.05) is 22.0 Å². The Balaban J connectivity index is 1.40. The fraction of sp³-hybridized carbons (Fsp3) is 0.0882. The van der Waals surface area contributed by atoms with Crippen molar-refractivity contribution in [3.63, 3.8) is 0 Å². The van der Waals surface area contributed by atoms with Crippen LogP contribution in [-0.2, 0) is 6.54 Å². The van der Waals surface area contributed by atoms with Crippen molar-refractivity contribution in [3.05, 3.63) is 136 Å². The number of aromatic nitrogens is 2. The van der Waals surface area contributed by atoms with E-state index in [2.05, 4.69) is 5.32 Å². The molecule has 4 aromatic carbocycles. The second kappa shape index (κ2) is 11.1. The molecule has 1 atom stereocenters. The highest BCUT2D eigenvalue weighted by atomic mass is 35.5. The number of halogens is 2. The van der Waals surface area contributed by atoms with E-state index >= 15 is 0 Å². The third-order valence-corrected chi connectivity index (χ3v) is 7.57. The molecule has 0 aliphatic rings. The van der Waals surface area contributed by atoms with Crippen LogP contribution in [0.1, 0.15) is 44.9 Å². The molecule has 6 rings (SSSR count). The molecule has 0 spiro atoms. The van der Waals surface area contributed by atoms with Crippen molar-refractivity contribution < 1.29 is 19.1 Å². The van der Waals surface area contributed by atoms with Gasteiger partial charge in [0.25, 0.3) is 5.91 Å². The number of nitrogens with zero attached hydrogens (tertiary/aromatic N) is 2. The molecule has 8 heteroatoms. The first-order valence-corrected chi connectivity index (χ1v) is 13.7. The van der Waals surface area contributed by atoms with Crippen LogP contribution >= 0.6 is 11.6 Å². The van der Waals surface area contributed by atoms with Gasteiger partial charge in [-0.3, -0.25) is 9.78 Å². The number of benzene rings is 4. The van der Waals surface area contributed by atoms with Crippen LogP contribution in [0.3, 0.4) is 0 Å². The number of aromatic carboxylic acids is 1. The van der Waals surface area contributed by atoms with Crippen molar-refractivity contribution in [2.45, 2.75) is 19.5 Å². The molecule has 0 aliphatic carbocycles. The number of pyridine rings is 1. The lowest BCUT2D eigenvalue weighted by Crippen LogP contribution is -2.27. The monoisotopic (exact) mass is 577 g/mol. The molecule has 2 aromatic heterocycles. The Labute approximate surface area is 246 Å². The van der Waals surface area contributed by atoms with Crippen LogP contribution in [0.5, 0.6) is 0 Å². The van der Waals surface area contributed by atoms with E-state index in [1.165, 1.54) is 24.3 Å². The maximum Gasteiger partial charge on any atom is 0.335 e. The Kier molecular flexibility index (Phi) is 7.19. The van der Waals surface area contributed by atoms with Crippen molar-refractivity contribution in [1.82, 2.24) is 14.9 Å². The average Bonchev–Trinajstić information content (AvgIpc) is 3.39. The molecule has 2 N–H and O–H groups in total. The summed E-state index contributed by atoms with van der Waals surface area (Å²) in [7, 11) is 0. The molecule has 6 aromatic rings. The molecule has 2 heterocycles. The third-order valence-electron chi connectivity index (χ3n) is 7.33. The van der Waals surface area contributed by atoms with Crippen molar-refractivity contribution in [2.75, 3.05) is 0 Å². The molecule has 0 radical (unpaired) electrons. The molecule has 0 bridgehead atoms. The van der Waals surface area contributed by atoms with Crippen LogP contribution < -0.4 is 5.32 Å². The predicted molar refractivity (Wildman–Crippen MR) is 162 cm³/mol. The number of rotatable bonds is 7. The van der Waals surface area contributed by atoms with E-state index < -0.39 is 5.97 Å². The van der Waals surface area contributed by atoms with Crippen LogP contribution in [-0.4, -0.2) is 26.5 Å². The largest absolute Gasteiger partial charge is 0.478 e. The van der Waals surface area contributed by atoms with Gasteiger partial charge < -0.3 is 15.0 Å². The Morgan fingerprint density at radius 2 is 1.64 bits per heavy atom. The molecule has 0 fully saturated rings. The number of carbonyl (C=O) groups is 2. The van der Waals surface area contributed by atoms with E-state index in [9.17, 15) is 19.1 Å². The van der Waals surface area contributed by atoms with Gasteiger partial charge >= 0.3 is 5.97 Å². The Hall–Kier alpha value is -5.01. The van der Waals surface area contributed by atoms with E-state index in [1.807, 2.05) is 66.2 Å². The van der Waals surface area contributed by atoms with Crippen molar-refractivity contribution in [3.8, 4) is 11.1 Å². The minimum Gasteiger partial charge on any atom is -0.478 e. The second-order valence-electron chi connectivity index (χ2n) is 10.2. The minimum absolute atomic E-state index is 0.174. The zero-order valence-electron chi connectivity index (χ0n) is 22.5. The maximum absolute atomic E-state index is 13.9. The topological polar surface area (TPSA) is 84.2 Å². The van der Waals surface area contributed by atoms with Crippen LogP contribution in [0.4, 0.5) is 4.39 Å². The lowest BCUT2D eigenvalue weighted by Gasteiger charge is -2.17. The van der Waals surface area contributed by atoms with Crippen LogP contribution in [0.25, 0.3) is 32.9 Å². The van der Waals surface area contributed by atoms with E-state index in [0.29, 0.717) is 17.1 Å². The Morgan fingerprint density at radius 3 is 2.38 bits per heavy atom. The summed E-state index contributed by atoms with van der Waals surface area (Å²) >= 11 is 6.19. The van der Waals surface area contributed by atoms with Crippen LogP contribution in [0.2, 0.25) is 5.02 Å². The molecule has 0 unspecified atom stereocenters. The van der Waals surface area contributed by atoms with Crippen molar-refractivity contribution >= 4 is 45.3 Å². The number of amides is 1. The molecule has 1 amide bonds. The molecule has 0 aliphatic heterocycles. The number of carboxylic acids is 1. The van der Waals surface area contributed by atoms with Gasteiger partial charge in [0.15, 0.2) is 0 Å². The lowest BCUT2D eigenvalue weighted by molar-refractivity contribution is 0.0696. The van der Waals surface area contributed by atoms with E-state index in [4.69, 9.17) is 16.6 Å². The smallest absolute Gasteiger partial charge is 0.335 e. The average molecular weight is 578 g/mol. The van der Waals surface area contributed by atoms with Crippen molar-refractivity contribution in [2.24, 2.45) is 0 Å². The highest BCUT2D eigenvalue weighted by Crippen LogP contribution is 2.30. The van der Waals surface area contributed by atoms with Gasteiger partial charge in [-0.25, -0.2) is 9.18 Å². The molecule has 42 heavy (non-hydrogen) atoms. The highest BCUT2D eigenvalue weighted by Gasteiger charge is 2.19. The molecule has 0 saturated heterocycles. The summed E-state index contributed by atoms with van der Waals surface area (Å²) in [5.41, 5.74) is 5.29. The number of carbonyl (C=O) groups excluding carboxylic acids is 1. The number of nitrogens with one attached hydrogen (secondary N) is 1. The van der Waals surface area contributed by atoms with Crippen LogP contribution in [0, 0.1) is 5.82 Å². The molecule has 208 valence electrons.